The van der Waals surface area contributed by atoms with Crippen molar-refractivity contribution in [1.29, 1.82) is 0 Å². The Morgan fingerprint density at radius 3 is 3.00 bits per heavy atom. The fourth-order valence-electron chi connectivity index (χ4n) is 1.17. The Labute approximate surface area is 88.8 Å². The maximum atomic E-state index is 5.88. The van der Waals surface area contributed by atoms with Crippen LogP contribution in [0.5, 0.6) is 0 Å². The summed E-state index contributed by atoms with van der Waals surface area (Å²) >= 11 is 3.23. The van der Waals surface area contributed by atoms with Crippen molar-refractivity contribution in [3.63, 3.8) is 0 Å². The highest BCUT2D eigenvalue weighted by Gasteiger charge is 2.11. The van der Waals surface area contributed by atoms with Crippen LogP contribution in [0.3, 0.4) is 0 Å². The molecule has 0 aliphatic carbocycles. The Balaban J connectivity index is 2.05. The molecule has 5 nitrogen and oxygen atoms in total. The van der Waals surface area contributed by atoms with Crippen LogP contribution < -0.4 is 5.73 Å². The Morgan fingerprint density at radius 2 is 2.43 bits per heavy atom. The lowest BCUT2D eigenvalue weighted by atomic mass is 10.1. The number of aromatic amines is 1. The highest BCUT2D eigenvalue weighted by Crippen LogP contribution is 2.18. The second-order valence-electron chi connectivity index (χ2n) is 2.91. The minimum atomic E-state index is -0.188. The molecule has 74 valence electrons. The quantitative estimate of drug-likeness (QED) is 0.870. The van der Waals surface area contributed by atoms with Crippen molar-refractivity contribution in [2.24, 2.45) is 5.73 Å². The Hall–Kier alpha value is -1.14. The second kappa shape index (κ2) is 3.93. The lowest BCUT2D eigenvalue weighted by molar-refractivity contribution is 0.468. The van der Waals surface area contributed by atoms with Crippen LogP contribution in [-0.4, -0.2) is 15.4 Å². The maximum absolute atomic E-state index is 5.88. The zero-order chi connectivity index (χ0) is 9.97. The van der Waals surface area contributed by atoms with Crippen LogP contribution in [0.1, 0.15) is 17.5 Å². The van der Waals surface area contributed by atoms with E-state index in [0.29, 0.717) is 11.1 Å². The second-order valence-corrected chi connectivity index (χ2v) is 3.69. The predicted octanol–water partition coefficient (Wildman–Crippen LogP) is 1.40. The van der Waals surface area contributed by atoms with Gasteiger partial charge in [-0.3, -0.25) is 0 Å². The van der Waals surface area contributed by atoms with E-state index < -0.39 is 0 Å². The fourth-order valence-corrected chi connectivity index (χ4v) is 1.51. The zero-order valence-corrected chi connectivity index (χ0v) is 8.86. The van der Waals surface area contributed by atoms with E-state index in [1.165, 1.54) is 0 Å². The van der Waals surface area contributed by atoms with Crippen molar-refractivity contribution < 1.29 is 4.42 Å². The molecule has 0 bridgehead atoms. The molecular weight excluding hydrogens is 248 g/mol. The smallest absolute Gasteiger partial charge is 0.169 e. The van der Waals surface area contributed by atoms with Gasteiger partial charge in [0.15, 0.2) is 4.67 Å². The molecular formula is C8H9BrN4O. The predicted molar refractivity (Wildman–Crippen MR) is 53.4 cm³/mol. The maximum Gasteiger partial charge on any atom is 0.169 e. The van der Waals surface area contributed by atoms with Crippen LogP contribution in [0.25, 0.3) is 0 Å². The molecule has 0 amide bonds. The zero-order valence-electron chi connectivity index (χ0n) is 7.27. The highest BCUT2D eigenvalue weighted by molar-refractivity contribution is 9.10. The Morgan fingerprint density at radius 1 is 1.57 bits per heavy atom. The first-order valence-electron chi connectivity index (χ1n) is 4.11. The number of nitrogens with two attached hydrogens (primary N) is 1. The molecule has 2 heterocycles. The molecule has 0 aromatic carbocycles. The number of nitrogens with one attached hydrogen (secondary N) is 1. The van der Waals surface area contributed by atoms with Crippen molar-refractivity contribution >= 4 is 15.9 Å². The molecule has 0 fully saturated rings. The summed E-state index contributed by atoms with van der Waals surface area (Å²) in [7, 11) is 0. The van der Waals surface area contributed by atoms with E-state index in [1.807, 2.05) is 12.1 Å². The number of hydrogen-bond acceptors (Lipinski definition) is 4. The third kappa shape index (κ3) is 2.02. The average molecular weight is 257 g/mol. The van der Waals surface area contributed by atoms with E-state index in [1.54, 1.807) is 6.20 Å². The molecule has 0 saturated carbocycles. The van der Waals surface area contributed by atoms with E-state index >= 15 is 0 Å². The summed E-state index contributed by atoms with van der Waals surface area (Å²) in [6.45, 7) is 0. The molecule has 2 rings (SSSR count). The minimum absolute atomic E-state index is 0.188. The normalized spacial score (nSPS) is 13.0. The Bertz CT molecular complexity index is 397. The van der Waals surface area contributed by atoms with Crippen molar-refractivity contribution in [2.45, 2.75) is 12.5 Å². The van der Waals surface area contributed by atoms with Crippen LogP contribution in [-0.2, 0) is 6.42 Å². The first-order chi connectivity index (χ1) is 6.75. The molecule has 3 N–H and O–H groups in total. The first kappa shape index (κ1) is 9.42. The van der Waals surface area contributed by atoms with Crippen LogP contribution in [0.2, 0.25) is 0 Å². The summed E-state index contributed by atoms with van der Waals surface area (Å²) in [5.74, 6) is 0.826. The van der Waals surface area contributed by atoms with Crippen LogP contribution >= 0.6 is 15.9 Å². The van der Waals surface area contributed by atoms with Gasteiger partial charge in [-0.25, -0.2) is 0 Å². The van der Waals surface area contributed by atoms with Gasteiger partial charge in [-0.15, -0.1) is 0 Å². The highest BCUT2D eigenvalue weighted by atomic mass is 79.9. The summed E-state index contributed by atoms with van der Waals surface area (Å²) in [5, 5.41) is 10.1. The van der Waals surface area contributed by atoms with E-state index in [-0.39, 0.29) is 6.04 Å². The minimum Gasteiger partial charge on any atom is -0.454 e. The van der Waals surface area contributed by atoms with E-state index in [9.17, 15) is 0 Å². The van der Waals surface area contributed by atoms with Crippen LogP contribution in [0.15, 0.2) is 27.4 Å². The molecule has 2 aromatic heterocycles. The van der Waals surface area contributed by atoms with Crippen LogP contribution in [0, 0.1) is 0 Å². The summed E-state index contributed by atoms with van der Waals surface area (Å²) in [6.07, 6.45) is 2.22. The standard InChI is InChI=1S/C8H9BrN4O/c9-8-2-1-5(14-8)3-6(10)7-4-11-13-12-7/h1-2,4,6H,3,10H2,(H,11,12,13). The van der Waals surface area contributed by atoms with Gasteiger partial charge in [-0.2, -0.15) is 15.4 Å². The third-order valence-electron chi connectivity index (χ3n) is 1.86. The van der Waals surface area contributed by atoms with E-state index in [4.69, 9.17) is 10.2 Å². The third-order valence-corrected chi connectivity index (χ3v) is 2.29. The first-order valence-corrected chi connectivity index (χ1v) is 4.90. The van der Waals surface area contributed by atoms with Crippen molar-refractivity contribution in [2.75, 3.05) is 0 Å². The Kier molecular flexibility index (Phi) is 2.64. The topological polar surface area (TPSA) is 80.7 Å². The summed E-state index contributed by atoms with van der Waals surface area (Å²) in [4.78, 5) is 0. The van der Waals surface area contributed by atoms with Gasteiger partial charge in [0.1, 0.15) is 5.76 Å². The SMILES string of the molecule is NC(Cc1ccc(Br)o1)c1cn[nH]n1. The largest absolute Gasteiger partial charge is 0.454 e. The molecule has 1 unspecified atom stereocenters. The number of nitrogens with zero attached hydrogens (tertiary/aromatic N) is 2. The van der Waals surface area contributed by atoms with Gasteiger partial charge in [-0.05, 0) is 28.1 Å². The monoisotopic (exact) mass is 256 g/mol. The van der Waals surface area contributed by atoms with Crippen LogP contribution in [0.4, 0.5) is 0 Å². The van der Waals surface area contributed by atoms with Gasteiger partial charge in [0, 0.05) is 6.42 Å². The molecule has 0 spiro atoms. The van der Waals surface area contributed by atoms with Crippen molar-refractivity contribution in [1.82, 2.24) is 15.4 Å². The summed E-state index contributed by atoms with van der Waals surface area (Å²) in [6, 6.07) is 3.53. The van der Waals surface area contributed by atoms with Gasteiger partial charge in [-0.1, -0.05) is 0 Å². The van der Waals surface area contributed by atoms with Gasteiger partial charge in [0.25, 0.3) is 0 Å². The summed E-state index contributed by atoms with van der Waals surface area (Å²) in [5.41, 5.74) is 6.62. The lowest BCUT2D eigenvalue weighted by Gasteiger charge is -2.04. The number of furan rings is 1. The van der Waals surface area contributed by atoms with Gasteiger partial charge < -0.3 is 10.2 Å². The molecule has 6 heteroatoms. The van der Waals surface area contributed by atoms with Crippen molar-refractivity contribution in [3.8, 4) is 0 Å². The number of hydrogen-bond donors (Lipinski definition) is 2. The number of H-pyrrole nitrogens is 1. The molecule has 0 aliphatic heterocycles. The molecule has 0 radical (unpaired) electrons. The molecule has 0 aliphatic rings. The van der Waals surface area contributed by atoms with E-state index in [2.05, 4.69) is 31.3 Å². The number of aromatic nitrogens is 3. The molecule has 1 atom stereocenters. The molecule has 14 heavy (non-hydrogen) atoms. The molecule has 0 saturated heterocycles. The number of rotatable bonds is 3. The van der Waals surface area contributed by atoms with Gasteiger partial charge >= 0.3 is 0 Å². The fraction of sp³-hybridized carbons (Fsp3) is 0.250. The summed E-state index contributed by atoms with van der Waals surface area (Å²) < 4.78 is 6.04. The van der Waals surface area contributed by atoms with Gasteiger partial charge in [0.2, 0.25) is 0 Å². The lowest BCUT2D eigenvalue weighted by Crippen LogP contribution is -2.13. The van der Waals surface area contributed by atoms with Gasteiger partial charge in [0.05, 0.1) is 17.9 Å². The van der Waals surface area contributed by atoms with E-state index in [0.717, 1.165) is 11.5 Å². The average Bonchev–Trinajstić information content (AvgIpc) is 2.75. The number of halogens is 1. The van der Waals surface area contributed by atoms with Crippen molar-refractivity contribution in [3.05, 3.63) is 34.5 Å². The molecule has 2 aromatic rings.